The SMILES string of the molecule is Cc1cccc(C(=O)OCc2ncnn2C(C)C)c1N. The van der Waals surface area contributed by atoms with E-state index in [2.05, 4.69) is 10.1 Å². The maximum Gasteiger partial charge on any atom is 0.340 e. The lowest BCUT2D eigenvalue weighted by Gasteiger charge is -2.11. The van der Waals surface area contributed by atoms with Gasteiger partial charge in [0.05, 0.1) is 5.56 Å². The van der Waals surface area contributed by atoms with E-state index in [4.69, 9.17) is 10.5 Å². The number of carbonyl (C=O) groups is 1. The minimum absolute atomic E-state index is 0.0738. The van der Waals surface area contributed by atoms with Crippen molar-refractivity contribution in [1.29, 1.82) is 0 Å². The van der Waals surface area contributed by atoms with Crippen LogP contribution in [0.4, 0.5) is 5.69 Å². The Hall–Kier alpha value is -2.37. The van der Waals surface area contributed by atoms with Gasteiger partial charge in [0, 0.05) is 11.7 Å². The smallest absolute Gasteiger partial charge is 0.340 e. The molecule has 0 atom stereocenters. The Balaban J connectivity index is 2.09. The first-order valence-electron chi connectivity index (χ1n) is 6.41. The van der Waals surface area contributed by atoms with Gasteiger partial charge in [-0.2, -0.15) is 5.10 Å². The lowest BCUT2D eigenvalue weighted by Crippen LogP contribution is -2.13. The zero-order valence-electron chi connectivity index (χ0n) is 11.8. The van der Waals surface area contributed by atoms with Crippen LogP contribution in [0.1, 0.15) is 41.6 Å². The number of para-hydroxylation sites is 1. The largest absolute Gasteiger partial charge is 0.454 e. The molecule has 0 fully saturated rings. The van der Waals surface area contributed by atoms with E-state index < -0.39 is 5.97 Å². The predicted octanol–water partition coefficient (Wildman–Crippen LogP) is 2.11. The summed E-state index contributed by atoms with van der Waals surface area (Å²) in [5.41, 5.74) is 7.55. The van der Waals surface area contributed by atoms with E-state index in [0.717, 1.165) is 5.56 Å². The van der Waals surface area contributed by atoms with Crippen molar-refractivity contribution in [2.45, 2.75) is 33.4 Å². The number of nitrogens with two attached hydrogens (primary N) is 1. The number of hydrogen-bond acceptors (Lipinski definition) is 5. The maximum absolute atomic E-state index is 12.0. The van der Waals surface area contributed by atoms with Crippen molar-refractivity contribution in [3.05, 3.63) is 41.5 Å². The maximum atomic E-state index is 12.0. The van der Waals surface area contributed by atoms with E-state index in [1.807, 2.05) is 26.8 Å². The van der Waals surface area contributed by atoms with Crippen molar-refractivity contribution in [3.63, 3.8) is 0 Å². The third-order valence-corrected chi connectivity index (χ3v) is 3.01. The average Bonchev–Trinajstić information content (AvgIpc) is 2.87. The third kappa shape index (κ3) is 2.79. The summed E-state index contributed by atoms with van der Waals surface area (Å²) in [4.78, 5) is 16.1. The quantitative estimate of drug-likeness (QED) is 0.682. The fourth-order valence-electron chi connectivity index (χ4n) is 1.88. The Morgan fingerprint density at radius 3 is 2.90 bits per heavy atom. The van der Waals surface area contributed by atoms with Crippen molar-refractivity contribution in [2.75, 3.05) is 5.73 Å². The van der Waals surface area contributed by atoms with Crippen LogP contribution in [0.25, 0.3) is 0 Å². The van der Waals surface area contributed by atoms with Gasteiger partial charge in [0.25, 0.3) is 0 Å². The van der Waals surface area contributed by atoms with E-state index in [1.54, 1.807) is 16.8 Å². The van der Waals surface area contributed by atoms with Gasteiger partial charge in [-0.3, -0.25) is 0 Å². The van der Waals surface area contributed by atoms with Gasteiger partial charge in [0.2, 0.25) is 0 Å². The number of carbonyl (C=O) groups excluding carboxylic acids is 1. The Morgan fingerprint density at radius 1 is 1.45 bits per heavy atom. The number of nitrogens with zero attached hydrogens (tertiary/aromatic N) is 3. The van der Waals surface area contributed by atoms with Crippen molar-refractivity contribution < 1.29 is 9.53 Å². The second-order valence-corrected chi connectivity index (χ2v) is 4.83. The zero-order chi connectivity index (χ0) is 14.7. The minimum Gasteiger partial charge on any atom is -0.454 e. The highest BCUT2D eigenvalue weighted by Gasteiger charge is 2.15. The first-order valence-corrected chi connectivity index (χ1v) is 6.41. The van der Waals surface area contributed by atoms with Crippen LogP contribution in [0, 0.1) is 6.92 Å². The summed E-state index contributed by atoms with van der Waals surface area (Å²) in [6, 6.07) is 5.44. The molecule has 1 heterocycles. The first-order chi connectivity index (χ1) is 9.50. The Kier molecular flexibility index (Phi) is 4.02. The molecule has 6 nitrogen and oxygen atoms in total. The molecule has 0 saturated heterocycles. The molecular formula is C14H18N4O2. The Bertz CT molecular complexity index is 619. The van der Waals surface area contributed by atoms with Crippen LogP contribution in [0.15, 0.2) is 24.5 Å². The van der Waals surface area contributed by atoms with Crippen LogP contribution in [0.3, 0.4) is 0 Å². The van der Waals surface area contributed by atoms with Crippen LogP contribution in [0.5, 0.6) is 0 Å². The molecular weight excluding hydrogens is 256 g/mol. The minimum atomic E-state index is -0.454. The van der Waals surface area contributed by atoms with Gasteiger partial charge in [-0.15, -0.1) is 0 Å². The van der Waals surface area contributed by atoms with Gasteiger partial charge >= 0.3 is 5.97 Å². The van der Waals surface area contributed by atoms with Crippen LogP contribution >= 0.6 is 0 Å². The highest BCUT2D eigenvalue weighted by atomic mass is 16.5. The lowest BCUT2D eigenvalue weighted by atomic mass is 10.1. The van der Waals surface area contributed by atoms with Crippen molar-refractivity contribution in [1.82, 2.24) is 14.8 Å². The van der Waals surface area contributed by atoms with Crippen molar-refractivity contribution in [2.24, 2.45) is 0 Å². The van der Waals surface area contributed by atoms with E-state index in [0.29, 0.717) is 17.1 Å². The molecule has 106 valence electrons. The number of hydrogen-bond donors (Lipinski definition) is 1. The number of ether oxygens (including phenoxy) is 1. The standard InChI is InChI=1S/C14H18N4O2/c1-9(2)18-12(16-8-17-18)7-20-14(19)11-6-4-5-10(3)13(11)15/h4-6,8-9H,7,15H2,1-3H3. The molecule has 0 saturated carbocycles. The molecule has 0 spiro atoms. The fraction of sp³-hybridized carbons (Fsp3) is 0.357. The van der Waals surface area contributed by atoms with Crippen LogP contribution in [0.2, 0.25) is 0 Å². The number of rotatable bonds is 4. The topological polar surface area (TPSA) is 83.0 Å². The summed E-state index contributed by atoms with van der Waals surface area (Å²) in [7, 11) is 0. The summed E-state index contributed by atoms with van der Waals surface area (Å²) in [5, 5.41) is 4.09. The molecule has 0 amide bonds. The molecule has 0 aliphatic rings. The predicted molar refractivity (Wildman–Crippen MR) is 75.1 cm³/mol. The third-order valence-electron chi connectivity index (χ3n) is 3.01. The molecule has 20 heavy (non-hydrogen) atoms. The van der Waals surface area contributed by atoms with Crippen LogP contribution in [-0.4, -0.2) is 20.7 Å². The van der Waals surface area contributed by atoms with Gasteiger partial charge in [-0.1, -0.05) is 12.1 Å². The number of esters is 1. The molecule has 0 unspecified atom stereocenters. The number of anilines is 1. The van der Waals surface area contributed by atoms with E-state index >= 15 is 0 Å². The molecule has 0 aliphatic carbocycles. The average molecular weight is 274 g/mol. The number of aryl methyl sites for hydroxylation is 1. The summed E-state index contributed by atoms with van der Waals surface area (Å²) in [6.45, 7) is 5.89. The molecule has 1 aromatic carbocycles. The van der Waals surface area contributed by atoms with Gasteiger partial charge in [-0.25, -0.2) is 14.5 Å². The van der Waals surface area contributed by atoms with Gasteiger partial charge in [0.1, 0.15) is 6.33 Å². The summed E-state index contributed by atoms with van der Waals surface area (Å²) < 4.78 is 6.97. The highest BCUT2D eigenvalue weighted by Crippen LogP contribution is 2.18. The lowest BCUT2D eigenvalue weighted by molar-refractivity contribution is 0.0456. The van der Waals surface area contributed by atoms with E-state index in [9.17, 15) is 4.79 Å². The molecule has 0 radical (unpaired) electrons. The second-order valence-electron chi connectivity index (χ2n) is 4.83. The fourth-order valence-corrected chi connectivity index (χ4v) is 1.88. The molecule has 2 N–H and O–H groups in total. The van der Waals surface area contributed by atoms with E-state index in [1.165, 1.54) is 6.33 Å². The normalized spacial score (nSPS) is 10.8. The van der Waals surface area contributed by atoms with E-state index in [-0.39, 0.29) is 12.6 Å². The molecule has 2 rings (SSSR count). The summed E-state index contributed by atoms with van der Waals surface area (Å²) in [6.07, 6.45) is 1.45. The molecule has 2 aromatic rings. The number of aromatic nitrogens is 3. The first kappa shape index (κ1) is 14.0. The van der Waals surface area contributed by atoms with Gasteiger partial charge in [-0.05, 0) is 32.4 Å². The van der Waals surface area contributed by atoms with Crippen molar-refractivity contribution in [3.8, 4) is 0 Å². The van der Waals surface area contributed by atoms with Gasteiger partial charge < -0.3 is 10.5 Å². The number of benzene rings is 1. The highest BCUT2D eigenvalue weighted by molar-refractivity contribution is 5.95. The van der Waals surface area contributed by atoms with Crippen molar-refractivity contribution >= 4 is 11.7 Å². The van der Waals surface area contributed by atoms with Crippen LogP contribution in [-0.2, 0) is 11.3 Å². The zero-order valence-corrected chi connectivity index (χ0v) is 11.8. The molecule has 1 aromatic heterocycles. The van der Waals surface area contributed by atoms with Crippen LogP contribution < -0.4 is 5.73 Å². The summed E-state index contributed by atoms with van der Waals surface area (Å²) in [5.74, 6) is 0.157. The molecule has 0 aliphatic heterocycles. The molecule has 0 bridgehead atoms. The Morgan fingerprint density at radius 2 is 2.20 bits per heavy atom. The Labute approximate surface area is 117 Å². The molecule has 6 heteroatoms. The van der Waals surface area contributed by atoms with Gasteiger partial charge in [0.15, 0.2) is 12.4 Å². The summed E-state index contributed by atoms with van der Waals surface area (Å²) >= 11 is 0. The monoisotopic (exact) mass is 274 g/mol. The number of nitrogen functional groups attached to an aromatic ring is 1. The second kappa shape index (κ2) is 5.73.